The zero-order valence-corrected chi connectivity index (χ0v) is 10.8. The van der Waals surface area contributed by atoms with Gasteiger partial charge in [0.05, 0.1) is 6.42 Å². The minimum atomic E-state index is -0.810. The van der Waals surface area contributed by atoms with E-state index in [1.54, 1.807) is 23.1 Å². The second kappa shape index (κ2) is 4.98. The molecule has 0 aromatic heterocycles. The van der Waals surface area contributed by atoms with E-state index in [2.05, 4.69) is 0 Å². The molecule has 5 heteroatoms. The lowest BCUT2D eigenvalue weighted by Crippen LogP contribution is -2.50. The van der Waals surface area contributed by atoms with Crippen LogP contribution < -0.4 is 0 Å². The van der Waals surface area contributed by atoms with Crippen molar-refractivity contribution in [2.75, 3.05) is 13.1 Å². The van der Waals surface area contributed by atoms with Gasteiger partial charge in [0.1, 0.15) is 0 Å². The van der Waals surface area contributed by atoms with E-state index in [-0.39, 0.29) is 18.2 Å². The van der Waals surface area contributed by atoms with Crippen LogP contribution in [0.1, 0.15) is 22.3 Å². The van der Waals surface area contributed by atoms with Gasteiger partial charge in [0.2, 0.25) is 0 Å². The lowest BCUT2D eigenvalue weighted by molar-refractivity contribution is -0.139. The van der Waals surface area contributed by atoms with Crippen LogP contribution in [-0.2, 0) is 4.79 Å². The van der Waals surface area contributed by atoms with Gasteiger partial charge >= 0.3 is 5.97 Å². The van der Waals surface area contributed by atoms with Gasteiger partial charge < -0.3 is 10.0 Å². The molecular formula is C13H14ClNO3. The molecule has 1 saturated heterocycles. The van der Waals surface area contributed by atoms with Crippen molar-refractivity contribution in [3.8, 4) is 0 Å². The van der Waals surface area contributed by atoms with Gasteiger partial charge in [0.15, 0.2) is 0 Å². The first-order chi connectivity index (χ1) is 8.47. The number of hydrogen-bond donors (Lipinski definition) is 1. The lowest BCUT2D eigenvalue weighted by atomic mass is 9.95. The maximum atomic E-state index is 12.1. The number of carbonyl (C=O) groups excluding carboxylic acids is 1. The molecule has 1 aromatic rings. The predicted molar refractivity (Wildman–Crippen MR) is 67.8 cm³/mol. The number of carboxylic acids is 1. The molecule has 0 spiro atoms. The Bertz CT molecular complexity index is 495. The first-order valence-corrected chi connectivity index (χ1v) is 6.12. The Morgan fingerprint density at radius 3 is 2.67 bits per heavy atom. The zero-order valence-electron chi connectivity index (χ0n) is 10.0. The van der Waals surface area contributed by atoms with E-state index in [1.807, 2.05) is 6.92 Å². The van der Waals surface area contributed by atoms with Gasteiger partial charge in [-0.1, -0.05) is 11.6 Å². The van der Waals surface area contributed by atoms with Gasteiger partial charge in [-0.15, -0.1) is 0 Å². The smallest absolute Gasteiger partial charge is 0.303 e. The largest absolute Gasteiger partial charge is 0.481 e. The molecule has 0 saturated carbocycles. The topological polar surface area (TPSA) is 57.6 Å². The third kappa shape index (κ3) is 2.64. The molecule has 0 atom stereocenters. The first kappa shape index (κ1) is 12.9. The summed E-state index contributed by atoms with van der Waals surface area (Å²) >= 11 is 5.84. The number of likely N-dealkylation sites (tertiary alicyclic amines) is 1. The van der Waals surface area contributed by atoms with E-state index in [0.29, 0.717) is 23.7 Å². The van der Waals surface area contributed by atoms with E-state index in [4.69, 9.17) is 16.7 Å². The molecule has 18 heavy (non-hydrogen) atoms. The Hall–Kier alpha value is -1.55. The van der Waals surface area contributed by atoms with Crippen molar-refractivity contribution in [2.45, 2.75) is 13.3 Å². The van der Waals surface area contributed by atoms with E-state index in [1.165, 1.54) is 0 Å². The van der Waals surface area contributed by atoms with Crippen molar-refractivity contribution >= 4 is 23.5 Å². The van der Waals surface area contributed by atoms with Crippen molar-refractivity contribution in [1.29, 1.82) is 0 Å². The van der Waals surface area contributed by atoms with E-state index >= 15 is 0 Å². The number of aliphatic carboxylic acids is 1. The highest BCUT2D eigenvalue weighted by Gasteiger charge is 2.32. The Kier molecular flexibility index (Phi) is 3.57. The van der Waals surface area contributed by atoms with Crippen molar-refractivity contribution in [3.63, 3.8) is 0 Å². The quantitative estimate of drug-likeness (QED) is 0.913. The minimum absolute atomic E-state index is 0.0502. The second-order valence-corrected chi connectivity index (χ2v) is 5.07. The highest BCUT2D eigenvalue weighted by molar-refractivity contribution is 6.30. The number of benzene rings is 1. The maximum Gasteiger partial charge on any atom is 0.303 e. The van der Waals surface area contributed by atoms with E-state index in [0.717, 1.165) is 5.56 Å². The summed E-state index contributed by atoms with van der Waals surface area (Å²) in [6.45, 7) is 2.88. The molecule has 1 aliphatic heterocycles. The van der Waals surface area contributed by atoms with Crippen LogP contribution in [-0.4, -0.2) is 35.0 Å². The van der Waals surface area contributed by atoms with Crippen molar-refractivity contribution < 1.29 is 14.7 Å². The van der Waals surface area contributed by atoms with Crippen LogP contribution in [0.4, 0.5) is 0 Å². The fraction of sp³-hybridized carbons (Fsp3) is 0.385. The predicted octanol–water partition coefficient (Wildman–Crippen LogP) is 2.20. The number of hydrogen-bond acceptors (Lipinski definition) is 2. The number of rotatable bonds is 3. The average molecular weight is 268 g/mol. The van der Waals surface area contributed by atoms with Crippen LogP contribution in [0.5, 0.6) is 0 Å². The number of carboxylic acid groups (broad SMARTS) is 1. The van der Waals surface area contributed by atoms with Crippen LogP contribution in [0.25, 0.3) is 0 Å². The molecule has 0 aliphatic carbocycles. The Balaban J connectivity index is 1.99. The molecule has 1 amide bonds. The number of halogens is 1. The third-order valence-electron chi connectivity index (χ3n) is 3.13. The fourth-order valence-corrected chi connectivity index (χ4v) is 2.38. The number of nitrogens with zero attached hydrogens (tertiary/aromatic N) is 1. The summed E-state index contributed by atoms with van der Waals surface area (Å²) in [6, 6.07) is 5.16. The van der Waals surface area contributed by atoms with Crippen LogP contribution in [0.3, 0.4) is 0 Å². The third-order valence-corrected chi connectivity index (χ3v) is 3.36. The lowest BCUT2D eigenvalue weighted by Gasteiger charge is -2.38. The highest BCUT2D eigenvalue weighted by Crippen LogP contribution is 2.23. The molecule has 1 fully saturated rings. The Labute approximate surface area is 110 Å². The first-order valence-electron chi connectivity index (χ1n) is 5.74. The summed E-state index contributed by atoms with van der Waals surface area (Å²) in [4.78, 5) is 24.3. The summed E-state index contributed by atoms with van der Waals surface area (Å²) < 4.78 is 0. The molecule has 0 unspecified atom stereocenters. The van der Waals surface area contributed by atoms with Crippen molar-refractivity contribution in [1.82, 2.24) is 4.90 Å². The fourth-order valence-electron chi connectivity index (χ4n) is 2.15. The number of carbonyl (C=O) groups is 2. The van der Waals surface area contributed by atoms with Crippen LogP contribution in [0.15, 0.2) is 18.2 Å². The summed E-state index contributed by atoms with van der Waals surface area (Å²) in [7, 11) is 0. The number of amides is 1. The monoisotopic (exact) mass is 267 g/mol. The van der Waals surface area contributed by atoms with Crippen LogP contribution in [0, 0.1) is 12.8 Å². The molecule has 1 aromatic carbocycles. The van der Waals surface area contributed by atoms with Crippen molar-refractivity contribution in [3.05, 3.63) is 34.3 Å². The molecule has 1 aliphatic rings. The van der Waals surface area contributed by atoms with Crippen LogP contribution in [0.2, 0.25) is 5.02 Å². The van der Waals surface area contributed by atoms with Gasteiger partial charge in [0, 0.05) is 29.6 Å². The zero-order chi connectivity index (χ0) is 13.3. The Morgan fingerprint density at radius 1 is 1.44 bits per heavy atom. The van der Waals surface area contributed by atoms with E-state index in [9.17, 15) is 9.59 Å². The second-order valence-electron chi connectivity index (χ2n) is 4.63. The Morgan fingerprint density at radius 2 is 2.11 bits per heavy atom. The normalized spacial score (nSPS) is 15.3. The van der Waals surface area contributed by atoms with Gasteiger partial charge in [-0.05, 0) is 30.7 Å². The molecule has 0 radical (unpaired) electrons. The standard InChI is InChI=1S/C13H14ClNO3/c1-8-4-10(14)2-3-11(8)13(18)15-6-9(7-15)5-12(16)17/h2-4,9H,5-7H2,1H3,(H,16,17). The molecular weight excluding hydrogens is 254 g/mol. The van der Waals surface area contributed by atoms with Gasteiger partial charge in [-0.3, -0.25) is 9.59 Å². The SMILES string of the molecule is Cc1cc(Cl)ccc1C(=O)N1CC(CC(=O)O)C1. The maximum absolute atomic E-state index is 12.1. The number of aryl methyl sites for hydroxylation is 1. The molecule has 2 rings (SSSR count). The minimum Gasteiger partial charge on any atom is -0.481 e. The van der Waals surface area contributed by atoms with Gasteiger partial charge in [0.25, 0.3) is 5.91 Å². The summed E-state index contributed by atoms with van der Waals surface area (Å²) in [6.07, 6.45) is 0.128. The molecule has 96 valence electrons. The van der Waals surface area contributed by atoms with Gasteiger partial charge in [-0.25, -0.2) is 0 Å². The molecule has 1 N–H and O–H groups in total. The highest BCUT2D eigenvalue weighted by atomic mass is 35.5. The van der Waals surface area contributed by atoms with Crippen LogP contribution >= 0.6 is 11.6 Å². The molecule has 1 heterocycles. The summed E-state index contributed by atoms with van der Waals surface area (Å²) in [5, 5.41) is 9.26. The summed E-state index contributed by atoms with van der Waals surface area (Å²) in [5.74, 6) is -0.778. The summed E-state index contributed by atoms with van der Waals surface area (Å²) in [5.41, 5.74) is 1.47. The van der Waals surface area contributed by atoms with Gasteiger partial charge in [-0.2, -0.15) is 0 Å². The molecule has 0 bridgehead atoms. The van der Waals surface area contributed by atoms with Crippen molar-refractivity contribution in [2.24, 2.45) is 5.92 Å². The average Bonchev–Trinajstić information content (AvgIpc) is 2.21. The molecule has 4 nitrogen and oxygen atoms in total. The van der Waals surface area contributed by atoms with E-state index < -0.39 is 5.97 Å².